The van der Waals surface area contributed by atoms with Crippen molar-refractivity contribution in [1.82, 2.24) is 0 Å². The number of hydrogen-bond donors (Lipinski definition) is 4. The molecule has 1 fully saturated rings. The van der Waals surface area contributed by atoms with Crippen LogP contribution in [0.3, 0.4) is 0 Å². The van der Waals surface area contributed by atoms with Crippen LogP contribution in [0, 0.1) is 0 Å². The van der Waals surface area contributed by atoms with E-state index in [1.165, 1.54) is 24.3 Å². The lowest BCUT2D eigenvalue weighted by Crippen LogP contribution is -2.44. The smallest absolute Gasteiger partial charge is 0.197 e. The van der Waals surface area contributed by atoms with Crippen molar-refractivity contribution < 1.29 is 34.3 Å². The van der Waals surface area contributed by atoms with Crippen LogP contribution in [0.2, 0.25) is 0 Å². The lowest BCUT2D eigenvalue weighted by atomic mass is 9.94. The highest BCUT2D eigenvalue weighted by atomic mass is 16.6. The molecule has 3 heterocycles. The second kappa shape index (κ2) is 6.48. The zero-order chi connectivity index (χ0) is 20.3. The Morgan fingerprint density at radius 3 is 2.59 bits per heavy atom. The Kier molecular flexibility index (Phi) is 4.02. The van der Waals surface area contributed by atoms with Crippen LogP contribution in [0.5, 0.6) is 17.2 Å². The van der Waals surface area contributed by atoms with Gasteiger partial charge in [-0.1, -0.05) is 0 Å². The molecule has 8 nitrogen and oxygen atoms in total. The molecule has 2 aromatic carbocycles. The van der Waals surface area contributed by atoms with Crippen molar-refractivity contribution in [1.29, 1.82) is 0 Å². The third-order valence-corrected chi connectivity index (χ3v) is 5.41. The van der Waals surface area contributed by atoms with Crippen LogP contribution in [0.4, 0.5) is 0 Å². The maximum Gasteiger partial charge on any atom is 0.197 e. The molecule has 0 saturated carbocycles. The molecule has 4 N–H and O–H groups in total. The molecular weight excluding hydrogens is 380 g/mol. The lowest BCUT2D eigenvalue weighted by Gasteiger charge is -2.34. The summed E-state index contributed by atoms with van der Waals surface area (Å²) in [6.07, 6.45) is -2.76. The molecule has 3 aromatic rings. The minimum absolute atomic E-state index is 0.0141. The number of rotatable bonds is 2. The number of fused-ring (bicyclic) bond motifs is 5. The molecule has 1 aromatic heterocycles. The topological polar surface area (TPSA) is 130 Å². The highest BCUT2D eigenvalue weighted by molar-refractivity contribution is 5.90. The van der Waals surface area contributed by atoms with Crippen molar-refractivity contribution in [3.05, 3.63) is 52.2 Å². The van der Waals surface area contributed by atoms with Crippen molar-refractivity contribution in [3.8, 4) is 28.6 Å². The van der Waals surface area contributed by atoms with E-state index in [-0.39, 0.29) is 47.0 Å². The van der Waals surface area contributed by atoms with Gasteiger partial charge in [0.2, 0.25) is 0 Å². The second-order valence-electron chi connectivity index (χ2n) is 7.28. The van der Waals surface area contributed by atoms with Gasteiger partial charge in [-0.15, -0.1) is 0 Å². The Morgan fingerprint density at radius 2 is 1.86 bits per heavy atom. The van der Waals surface area contributed by atoms with Crippen LogP contribution in [0.1, 0.15) is 18.1 Å². The van der Waals surface area contributed by atoms with Gasteiger partial charge in [0, 0.05) is 24.1 Å². The minimum atomic E-state index is -0.887. The average Bonchev–Trinajstić information content (AvgIpc) is 3.07. The van der Waals surface area contributed by atoms with Crippen LogP contribution in [-0.4, -0.2) is 45.3 Å². The third kappa shape index (κ3) is 2.76. The summed E-state index contributed by atoms with van der Waals surface area (Å²) in [7, 11) is 0. The first-order valence-electron chi connectivity index (χ1n) is 9.20. The fraction of sp³-hybridized carbons (Fsp3) is 0.286. The van der Waals surface area contributed by atoms with Crippen LogP contribution in [-0.2, 0) is 4.74 Å². The second-order valence-corrected chi connectivity index (χ2v) is 7.28. The zero-order valence-electron chi connectivity index (χ0n) is 15.1. The van der Waals surface area contributed by atoms with Crippen molar-refractivity contribution in [2.24, 2.45) is 0 Å². The Morgan fingerprint density at radius 1 is 1.10 bits per heavy atom. The Labute approximate surface area is 164 Å². The number of ether oxygens (including phenoxy) is 2. The first-order chi connectivity index (χ1) is 14.0. The van der Waals surface area contributed by atoms with Crippen molar-refractivity contribution in [3.63, 3.8) is 0 Å². The van der Waals surface area contributed by atoms with E-state index < -0.39 is 29.8 Å². The van der Waals surface area contributed by atoms with Gasteiger partial charge < -0.3 is 34.3 Å². The maximum atomic E-state index is 12.8. The molecule has 0 aliphatic carbocycles. The SMILES string of the molecule is O=c1cc(-c2ccc(O)cc2)oc2c3c(cc(O)c12)OC1C(O)CC(CO)OC31. The van der Waals surface area contributed by atoms with E-state index in [1.807, 2.05) is 0 Å². The average molecular weight is 398 g/mol. The predicted molar refractivity (Wildman–Crippen MR) is 101 cm³/mol. The summed E-state index contributed by atoms with van der Waals surface area (Å²) in [5.41, 5.74) is 0.631. The van der Waals surface area contributed by atoms with Crippen LogP contribution >= 0.6 is 0 Å². The Hall–Kier alpha value is -3.07. The van der Waals surface area contributed by atoms with Gasteiger partial charge >= 0.3 is 0 Å². The van der Waals surface area contributed by atoms with E-state index in [4.69, 9.17) is 13.9 Å². The number of hydrogen-bond acceptors (Lipinski definition) is 8. The fourth-order valence-electron chi connectivity index (χ4n) is 4.03. The molecule has 0 amide bonds. The highest BCUT2D eigenvalue weighted by Gasteiger charge is 2.47. The predicted octanol–water partition coefficient (Wildman–Crippen LogP) is 1.82. The summed E-state index contributed by atoms with van der Waals surface area (Å²) in [6.45, 7) is -0.270. The molecule has 1 saturated heterocycles. The zero-order valence-corrected chi connectivity index (χ0v) is 15.1. The minimum Gasteiger partial charge on any atom is -0.508 e. The van der Waals surface area contributed by atoms with Crippen LogP contribution in [0.15, 0.2) is 45.6 Å². The van der Waals surface area contributed by atoms with Gasteiger partial charge in [0.25, 0.3) is 0 Å². The van der Waals surface area contributed by atoms with Gasteiger partial charge in [-0.3, -0.25) is 4.79 Å². The van der Waals surface area contributed by atoms with E-state index in [9.17, 15) is 25.2 Å². The summed E-state index contributed by atoms with van der Waals surface area (Å²) in [6, 6.07) is 8.73. The van der Waals surface area contributed by atoms with E-state index in [2.05, 4.69) is 0 Å². The molecule has 5 rings (SSSR count). The molecule has 0 spiro atoms. The quantitative estimate of drug-likeness (QED) is 0.514. The maximum absolute atomic E-state index is 12.8. The van der Waals surface area contributed by atoms with E-state index in [0.717, 1.165) is 0 Å². The molecule has 8 heteroatoms. The monoisotopic (exact) mass is 398 g/mol. The summed E-state index contributed by atoms with van der Waals surface area (Å²) >= 11 is 0. The standard InChI is InChI=1S/C21H18O8/c22-8-11-5-14(26)19-21(27-11)18-16(29-19)7-13(25)17-12(24)6-15(28-20(17)18)9-1-3-10(23)4-2-9/h1-4,6-7,11,14,19,21-23,25-26H,5,8H2. The largest absolute Gasteiger partial charge is 0.508 e. The van der Waals surface area contributed by atoms with Crippen molar-refractivity contribution in [2.75, 3.05) is 6.61 Å². The van der Waals surface area contributed by atoms with Crippen LogP contribution in [0.25, 0.3) is 22.3 Å². The molecule has 0 radical (unpaired) electrons. The number of phenols is 2. The lowest BCUT2D eigenvalue weighted by molar-refractivity contribution is -0.157. The number of aliphatic hydroxyl groups is 2. The highest BCUT2D eigenvalue weighted by Crippen LogP contribution is 2.49. The number of benzene rings is 2. The van der Waals surface area contributed by atoms with Gasteiger partial charge in [0.15, 0.2) is 17.1 Å². The fourth-order valence-corrected chi connectivity index (χ4v) is 4.03. The van der Waals surface area contributed by atoms with E-state index >= 15 is 0 Å². The molecule has 0 bridgehead atoms. The van der Waals surface area contributed by atoms with Gasteiger partial charge in [-0.05, 0) is 24.3 Å². The Bertz CT molecular complexity index is 1150. The summed E-state index contributed by atoms with van der Waals surface area (Å²) in [5.74, 6) is 0.283. The van der Waals surface area contributed by atoms with Gasteiger partial charge in [-0.25, -0.2) is 0 Å². The van der Waals surface area contributed by atoms with E-state index in [1.54, 1.807) is 12.1 Å². The number of aromatic hydroxyl groups is 2. The molecule has 2 aliphatic heterocycles. The first kappa shape index (κ1) is 18.0. The van der Waals surface area contributed by atoms with Crippen molar-refractivity contribution >= 4 is 11.0 Å². The molecule has 29 heavy (non-hydrogen) atoms. The normalized spacial score (nSPS) is 25.4. The van der Waals surface area contributed by atoms with Gasteiger partial charge in [-0.2, -0.15) is 0 Å². The molecule has 4 unspecified atom stereocenters. The number of aliphatic hydroxyl groups excluding tert-OH is 2. The third-order valence-electron chi connectivity index (χ3n) is 5.41. The summed E-state index contributed by atoms with van der Waals surface area (Å²) < 4.78 is 17.7. The molecule has 4 atom stereocenters. The molecule has 2 aliphatic rings. The van der Waals surface area contributed by atoms with E-state index in [0.29, 0.717) is 11.1 Å². The summed E-state index contributed by atoms with van der Waals surface area (Å²) in [5, 5.41) is 39.8. The molecular formula is C21H18O8. The Balaban J connectivity index is 1.74. The van der Waals surface area contributed by atoms with Gasteiger partial charge in [0.05, 0.1) is 24.4 Å². The van der Waals surface area contributed by atoms with Crippen molar-refractivity contribution in [2.45, 2.75) is 30.8 Å². The first-order valence-corrected chi connectivity index (χ1v) is 9.20. The van der Waals surface area contributed by atoms with Crippen LogP contribution < -0.4 is 10.2 Å². The number of phenolic OH excluding ortho intramolecular Hbond substituents is 2. The molecule has 150 valence electrons. The van der Waals surface area contributed by atoms with Gasteiger partial charge in [0.1, 0.15) is 34.5 Å². The summed E-state index contributed by atoms with van der Waals surface area (Å²) in [4.78, 5) is 12.8.